The van der Waals surface area contributed by atoms with Crippen LogP contribution in [0.25, 0.3) is 0 Å². The third-order valence-corrected chi connectivity index (χ3v) is 6.21. The van der Waals surface area contributed by atoms with Gasteiger partial charge in [-0.3, -0.25) is 9.59 Å². The average molecular weight is 477 g/mol. The quantitative estimate of drug-likeness (QED) is 0.317. The number of para-hydroxylation sites is 1. The summed E-state index contributed by atoms with van der Waals surface area (Å²) in [7, 11) is 0. The van der Waals surface area contributed by atoms with Gasteiger partial charge in [-0.2, -0.15) is 0 Å². The lowest BCUT2D eigenvalue weighted by Gasteiger charge is -2.18. The van der Waals surface area contributed by atoms with Gasteiger partial charge in [-0.05, 0) is 66.4 Å². The number of rotatable bonds is 9. The van der Waals surface area contributed by atoms with Crippen LogP contribution in [0.3, 0.4) is 0 Å². The van der Waals surface area contributed by atoms with Crippen LogP contribution in [0.5, 0.6) is 11.5 Å². The second-order valence-corrected chi connectivity index (χ2v) is 10.5. The Morgan fingerprint density at radius 2 is 1.53 bits per heavy atom. The minimum atomic E-state index is -0.263. The number of hydrogen-bond acceptors (Lipinski definition) is 4. The normalized spacial score (nSPS) is 12.0. The van der Waals surface area contributed by atoms with Crippen LogP contribution in [0.1, 0.15) is 40.5 Å². The zero-order valence-corrected chi connectivity index (χ0v) is 20.9. The maximum Gasteiger partial charge on any atom is 0.237 e. The first kappa shape index (κ1) is 25.4. The molecule has 2 N–H and O–H groups in total. The van der Waals surface area contributed by atoms with Crippen LogP contribution in [0.15, 0.2) is 83.8 Å². The number of amides is 2. The maximum absolute atomic E-state index is 12.9. The monoisotopic (exact) mass is 476 g/mol. The Balaban J connectivity index is 1.58. The van der Waals surface area contributed by atoms with Crippen LogP contribution in [-0.4, -0.2) is 17.1 Å². The van der Waals surface area contributed by atoms with Gasteiger partial charge in [0.1, 0.15) is 11.5 Å². The van der Waals surface area contributed by atoms with Crippen molar-refractivity contribution in [2.45, 2.75) is 50.7 Å². The van der Waals surface area contributed by atoms with E-state index >= 15 is 0 Å². The lowest BCUT2D eigenvalue weighted by Crippen LogP contribution is -2.24. The van der Waals surface area contributed by atoms with Gasteiger partial charge in [-0.15, -0.1) is 11.8 Å². The summed E-state index contributed by atoms with van der Waals surface area (Å²) in [6, 6.07) is 24.5. The van der Waals surface area contributed by atoms with Crippen molar-refractivity contribution in [1.29, 1.82) is 0 Å². The van der Waals surface area contributed by atoms with E-state index in [9.17, 15) is 9.59 Å². The first-order valence-electron chi connectivity index (χ1n) is 11.4. The maximum atomic E-state index is 12.9. The molecule has 0 bridgehead atoms. The number of hydrogen-bond donors (Lipinski definition) is 2. The van der Waals surface area contributed by atoms with Crippen molar-refractivity contribution < 1.29 is 14.3 Å². The molecule has 5 nitrogen and oxygen atoms in total. The number of anilines is 2. The topological polar surface area (TPSA) is 67.4 Å². The SMILES string of the molecule is CCC(Sc1cccc(NC(=O)CC(C)(C)C)c1)C(=O)Nc1ccc(Oc2ccccc2)cc1. The summed E-state index contributed by atoms with van der Waals surface area (Å²) in [5.74, 6) is 1.39. The van der Waals surface area contributed by atoms with Crippen molar-refractivity contribution in [3.63, 3.8) is 0 Å². The molecule has 178 valence electrons. The zero-order chi connectivity index (χ0) is 24.6. The summed E-state index contributed by atoms with van der Waals surface area (Å²) in [5.41, 5.74) is 1.38. The molecule has 3 aromatic carbocycles. The molecule has 1 atom stereocenters. The van der Waals surface area contributed by atoms with E-state index in [0.717, 1.165) is 16.3 Å². The van der Waals surface area contributed by atoms with Crippen molar-refractivity contribution in [3.05, 3.63) is 78.9 Å². The fraction of sp³-hybridized carbons (Fsp3) is 0.286. The lowest BCUT2D eigenvalue weighted by atomic mass is 9.92. The predicted molar refractivity (Wildman–Crippen MR) is 141 cm³/mol. The van der Waals surface area contributed by atoms with Crippen LogP contribution < -0.4 is 15.4 Å². The van der Waals surface area contributed by atoms with Crippen molar-refractivity contribution in [3.8, 4) is 11.5 Å². The smallest absolute Gasteiger partial charge is 0.237 e. The molecule has 0 saturated carbocycles. The molecule has 0 spiro atoms. The minimum absolute atomic E-state index is 0.0147. The average Bonchev–Trinajstić information content (AvgIpc) is 2.78. The summed E-state index contributed by atoms with van der Waals surface area (Å²) >= 11 is 1.49. The van der Waals surface area contributed by atoms with E-state index in [1.54, 1.807) is 0 Å². The number of carbonyl (C=O) groups is 2. The van der Waals surface area contributed by atoms with Crippen LogP contribution in [0.2, 0.25) is 0 Å². The molecule has 0 aliphatic rings. The molecule has 0 aliphatic heterocycles. The molecule has 0 saturated heterocycles. The van der Waals surface area contributed by atoms with E-state index in [2.05, 4.69) is 10.6 Å². The van der Waals surface area contributed by atoms with E-state index < -0.39 is 0 Å². The number of benzene rings is 3. The highest BCUT2D eigenvalue weighted by Gasteiger charge is 2.19. The van der Waals surface area contributed by atoms with E-state index in [0.29, 0.717) is 24.3 Å². The molecule has 3 aromatic rings. The number of carbonyl (C=O) groups excluding carboxylic acids is 2. The molecule has 2 amide bonds. The fourth-order valence-electron chi connectivity index (χ4n) is 3.27. The first-order valence-corrected chi connectivity index (χ1v) is 12.3. The third kappa shape index (κ3) is 8.27. The number of ether oxygens (including phenoxy) is 1. The molecule has 1 unspecified atom stereocenters. The lowest BCUT2D eigenvalue weighted by molar-refractivity contribution is -0.118. The Bertz CT molecular complexity index is 1090. The van der Waals surface area contributed by atoms with Crippen LogP contribution in [-0.2, 0) is 9.59 Å². The van der Waals surface area contributed by atoms with Crippen LogP contribution >= 0.6 is 11.8 Å². The Hall–Kier alpha value is -3.25. The molecule has 0 aromatic heterocycles. The summed E-state index contributed by atoms with van der Waals surface area (Å²) in [4.78, 5) is 26.1. The molecule has 0 radical (unpaired) electrons. The van der Waals surface area contributed by atoms with Gasteiger partial charge >= 0.3 is 0 Å². The highest BCUT2D eigenvalue weighted by atomic mass is 32.2. The van der Waals surface area contributed by atoms with E-state index in [1.165, 1.54) is 11.8 Å². The molecular formula is C28H32N2O3S. The molecule has 0 aliphatic carbocycles. The van der Waals surface area contributed by atoms with Crippen molar-refractivity contribution in [2.75, 3.05) is 10.6 Å². The van der Waals surface area contributed by atoms with Gasteiger partial charge in [0.25, 0.3) is 0 Å². The Labute approximate surface area is 206 Å². The Morgan fingerprint density at radius 1 is 0.853 bits per heavy atom. The Morgan fingerprint density at radius 3 is 2.18 bits per heavy atom. The molecule has 0 fully saturated rings. The van der Waals surface area contributed by atoms with Crippen LogP contribution in [0.4, 0.5) is 11.4 Å². The Kier molecular flexibility index (Phi) is 8.77. The summed E-state index contributed by atoms with van der Waals surface area (Å²) < 4.78 is 5.80. The molecule has 6 heteroatoms. The number of thioether (sulfide) groups is 1. The van der Waals surface area contributed by atoms with E-state index in [4.69, 9.17) is 4.74 Å². The van der Waals surface area contributed by atoms with Gasteiger partial charge in [0.05, 0.1) is 5.25 Å². The van der Waals surface area contributed by atoms with Gasteiger partial charge in [0.2, 0.25) is 11.8 Å². The van der Waals surface area contributed by atoms with Gasteiger partial charge in [0, 0.05) is 22.7 Å². The van der Waals surface area contributed by atoms with Gasteiger partial charge < -0.3 is 15.4 Å². The summed E-state index contributed by atoms with van der Waals surface area (Å²) in [6.07, 6.45) is 1.12. The highest BCUT2D eigenvalue weighted by Crippen LogP contribution is 2.29. The van der Waals surface area contributed by atoms with Crippen molar-refractivity contribution in [1.82, 2.24) is 0 Å². The molecular weight excluding hydrogens is 444 g/mol. The third-order valence-electron chi connectivity index (χ3n) is 4.85. The van der Waals surface area contributed by atoms with E-state index in [1.807, 2.05) is 107 Å². The van der Waals surface area contributed by atoms with Gasteiger partial charge in [-0.25, -0.2) is 0 Å². The zero-order valence-electron chi connectivity index (χ0n) is 20.1. The summed E-state index contributed by atoms with van der Waals surface area (Å²) in [5, 5.41) is 5.69. The van der Waals surface area contributed by atoms with Crippen molar-refractivity contribution in [2.24, 2.45) is 5.41 Å². The largest absolute Gasteiger partial charge is 0.457 e. The molecule has 34 heavy (non-hydrogen) atoms. The van der Waals surface area contributed by atoms with E-state index in [-0.39, 0.29) is 22.5 Å². The second-order valence-electron chi connectivity index (χ2n) is 9.26. The standard InChI is InChI=1S/C28H32N2O3S/c1-5-25(34-24-13-9-10-21(18-24)29-26(31)19-28(2,3)4)27(32)30-20-14-16-23(17-15-20)33-22-11-7-6-8-12-22/h6-18,25H,5,19H2,1-4H3,(H,29,31)(H,30,32). The van der Waals surface area contributed by atoms with Gasteiger partial charge in [-0.1, -0.05) is 52.0 Å². The van der Waals surface area contributed by atoms with Gasteiger partial charge in [0.15, 0.2) is 0 Å². The van der Waals surface area contributed by atoms with Crippen LogP contribution in [0, 0.1) is 5.41 Å². The fourth-order valence-corrected chi connectivity index (χ4v) is 4.29. The molecule has 0 heterocycles. The first-order chi connectivity index (χ1) is 16.2. The minimum Gasteiger partial charge on any atom is -0.457 e. The molecule has 3 rings (SSSR count). The highest BCUT2D eigenvalue weighted by molar-refractivity contribution is 8.00. The van der Waals surface area contributed by atoms with Crippen molar-refractivity contribution >= 4 is 35.0 Å². The predicted octanol–water partition coefficient (Wildman–Crippen LogP) is 7.36. The number of nitrogens with one attached hydrogen (secondary N) is 2. The second kappa shape index (κ2) is 11.7. The summed E-state index contributed by atoms with van der Waals surface area (Å²) in [6.45, 7) is 8.09.